The zero-order valence-corrected chi connectivity index (χ0v) is 13.9. The molecule has 1 atom stereocenters. The first-order chi connectivity index (χ1) is 10.5. The molecular formula is C17H27N3O2. The van der Waals surface area contributed by atoms with Crippen LogP contribution in [0.4, 0.5) is 5.69 Å². The molecule has 2 fully saturated rings. The largest absolute Gasteiger partial charge is 0.382 e. The van der Waals surface area contributed by atoms with Gasteiger partial charge < -0.3 is 19.5 Å². The maximum absolute atomic E-state index is 12.5. The van der Waals surface area contributed by atoms with Crippen LogP contribution in [0.15, 0.2) is 17.1 Å². The number of hydrogen-bond acceptors (Lipinski definition) is 4. The molecule has 0 radical (unpaired) electrons. The van der Waals surface area contributed by atoms with Gasteiger partial charge in [0.1, 0.15) is 0 Å². The van der Waals surface area contributed by atoms with E-state index < -0.39 is 0 Å². The smallest absolute Gasteiger partial charge is 0.253 e. The van der Waals surface area contributed by atoms with Crippen molar-refractivity contribution in [1.29, 1.82) is 0 Å². The number of aromatic nitrogens is 1. The second-order valence-corrected chi connectivity index (χ2v) is 7.10. The van der Waals surface area contributed by atoms with Gasteiger partial charge in [0.2, 0.25) is 0 Å². The first-order valence-electron chi connectivity index (χ1n) is 8.24. The van der Waals surface area contributed by atoms with E-state index in [9.17, 15) is 4.79 Å². The van der Waals surface area contributed by atoms with E-state index >= 15 is 0 Å². The quantitative estimate of drug-likeness (QED) is 0.925. The number of hydrogen-bond donors (Lipinski definition) is 1. The van der Waals surface area contributed by atoms with Gasteiger partial charge in [-0.25, -0.2) is 0 Å². The van der Waals surface area contributed by atoms with Crippen molar-refractivity contribution >= 4 is 5.69 Å². The molecule has 1 aromatic rings. The molecule has 0 amide bonds. The van der Waals surface area contributed by atoms with E-state index in [1.165, 1.54) is 0 Å². The van der Waals surface area contributed by atoms with Crippen molar-refractivity contribution in [3.63, 3.8) is 0 Å². The van der Waals surface area contributed by atoms with Crippen molar-refractivity contribution in [1.82, 2.24) is 9.47 Å². The Labute approximate surface area is 132 Å². The Morgan fingerprint density at radius 1 is 1.36 bits per heavy atom. The number of piperidine rings is 1. The second-order valence-electron chi connectivity index (χ2n) is 7.10. The Hall–Kier alpha value is -1.33. The normalized spacial score (nSPS) is 27.2. The summed E-state index contributed by atoms with van der Waals surface area (Å²) in [5.41, 5.74) is 1.98. The summed E-state index contributed by atoms with van der Waals surface area (Å²) >= 11 is 0. The average molecular weight is 305 g/mol. The number of ether oxygens (including phenoxy) is 1. The molecule has 22 heavy (non-hydrogen) atoms. The summed E-state index contributed by atoms with van der Waals surface area (Å²) in [4.78, 5) is 14.9. The molecule has 2 aliphatic rings. The maximum atomic E-state index is 12.5. The molecule has 0 aromatic carbocycles. The molecule has 5 heteroatoms. The summed E-state index contributed by atoms with van der Waals surface area (Å²) in [5.74, 6) is 0. The van der Waals surface area contributed by atoms with Crippen LogP contribution in [0.5, 0.6) is 0 Å². The Morgan fingerprint density at radius 3 is 2.73 bits per heavy atom. The van der Waals surface area contributed by atoms with E-state index in [1.807, 2.05) is 10.8 Å². The van der Waals surface area contributed by atoms with Gasteiger partial charge in [-0.2, -0.15) is 0 Å². The lowest BCUT2D eigenvalue weighted by Crippen LogP contribution is -2.40. The number of rotatable bonds is 3. The molecule has 2 aliphatic heterocycles. The predicted octanol–water partition coefficient (Wildman–Crippen LogP) is 1.80. The highest BCUT2D eigenvalue weighted by atomic mass is 16.5. The zero-order valence-electron chi connectivity index (χ0n) is 13.9. The van der Waals surface area contributed by atoms with Crippen molar-refractivity contribution in [2.24, 2.45) is 0 Å². The Balaban J connectivity index is 1.79. The molecule has 5 nitrogen and oxygen atoms in total. The SMILES string of the molecule is Cc1cn(C2(C)CCOC2)c(=O)cc1NC1CCN(C)CC1. The summed E-state index contributed by atoms with van der Waals surface area (Å²) in [6, 6.07) is 2.23. The molecule has 3 heterocycles. The minimum atomic E-state index is -0.200. The fraction of sp³-hybridized carbons (Fsp3) is 0.706. The van der Waals surface area contributed by atoms with Crippen molar-refractivity contribution in [3.8, 4) is 0 Å². The number of likely N-dealkylation sites (tertiary alicyclic amines) is 1. The topological polar surface area (TPSA) is 46.5 Å². The minimum absolute atomic E-state index is 0.0639. The van der Waals surface area contributed by atoms with Crippen LogP contribution < -0.4 is 10.9 Å². The van der Waals surface area contributed by atoms with Crippen LogP contribution in [-0.4, -0.2) is 48.9 Å². The van der Waals surface area contributed by atoms with Crippen molar-refractivity contribution in [3.05, 3.63) is 28.2 Å². The molecule has 0 spiro atoms. The highest BCUT2D eigenvalue weighted by Crippen LogP contribution is 2.27. The summed E-state index contributed by atoms with van der Waals surface area (Å²) in [6.45, 7) is 7.76. The molecule has 1 N–H and O–H groups in total. The number of aryl methyl sites for hydroxylation is 1. The van der Waals surface area contributed by atoms with E-state index in [-0.39, 0.29) is 11.1 Å². The third kappa shape index (κ3) is 3.06. The van der Waals surface area contributed by atoms with Crippen LogP contribution >= 0.6 is 0 Å². The van der Waals surface area contributed by atoms with E-state index in [0.717, 1.165) is 50.2 Å². The lowest BCUT2D eigenvalue weighted by atomic mass is 10.0. The molecule has 1 unspecified atom stereocenters. The van der Waals surface area contributed by atoms with Crippen LogP contribution in [0.2, 0.25) is 0 Å². The predicted molar refractivity (Wildman–Crippen MR) is 88.7 cm³/mol. The van der Waals surface area contributed by atoms with Gasteiger partial charge in [-0.05, 0) is 58.8 Å². The van der Waals surface area contributed by atoms with Gasteiger partial charge in [0, 0.05) is 30.6 Å². The third-order valence-corrected chi connectivity index (χ3v) is 5.11. The second kappa shape index (κ2) is 6.05. The van der Waals surface area contributed by atoms with Gasteiger partial charge in [0.15, 0.2) is 0 Å². The summed E-state index contributed by atoms with van der Waals surface area (Å²) < 4.78 is 7.35. The Kier molecular flexibility index (Phi) is 4.28. The minimum Gasteiger partial charge on any atom is -0.382 e. The van der Waals surface area contributed by atoms with Crippen molar-refractivity contribution < 1.29 is 4.74 Å². The summed E-state index contributed by atoms with van der Waals surface area (Å²) in [6.07, 6.45) is 5.15. The monoisotopic (exact) mass is 305 g/mol. The average Bonchev–Trinajstić information content (AvgIpc) is 2.92. The maximum Gasteiger partial charge on any atom is 0.253 e. The van der Waals surface area contributed by atoms with Crippen LogP contribution in [0.1, 0.15) is 31.7 Å². The lowest BCUT2D eigenvalue weighted by Gasteiger charge is -2.31. The van der Waals surface area contributed by atoms with Gasteiger partial charge >= 0.3 is 0 Å². The molecule has 122 valence electrons. The summed E-state index contributed by atoms with van der Waals surface area (Å²) in [7, 11) is 2.16. The standard InChI is InChI=1S/C17H27N3O2/c1-13-11-20(17(2)6-9-22-12-17)16(21)10-15(13)18-14-4-7-19(3)8-5-14/h10-11,14,18H,4-9,12H2,1-3H3. The number of pyridine rings is 1. The molecule has 3 rings (SSSR count). The summed E-state index contributed by atoms with van der Waals surface area (Å²) in [5, 5.41) is 3.57. The van der Waals surface area contributed by atoms with Gasteiger partial charge in [0.05, 0.1) is 12.1 Å². The van der Waals surface area contributed by atoms with Gasteiger partial charge in [-0.15, -0.1) is 0 Å². The lowest BCUT2D eigenvalue weighted by molar-refractivity contribution is 0.160. The van der Waals surface area contributed by atoms with E-state index in [1.54, 1.807) is 6.07 Å². The molecule has 0 aliphatic carbocycles. The van der Waals surface area contributed by atoms with Crippen LogP contribution in [0.3, 0.4) is 0 Å². The number of anilines is 1. The fourth-order valence-corrected chi connectivity index (χ4v) is 3.43. The molecular weight excluding hydrogens is 278 g/mol. The molecule has 2 saturated heterocycles. The first-order valence-corrected chi connectivity index (χ1v) is 8.24. The van der Waals surface area contributed by atoms with E-state index in [4.69, 9.17) is 4.74 Å². The first kappa shape index (κ1) is 15.6. The number of nitrogens with zero attached hydrogens (tertiary/aromatic N) is 2. The van der Waals surface area contributed by atoms with Gasteiger partial charge in [0.25, 0.3) is 5.56 Å². The molecule has 1 aromatic heterocycles. The highest BCUT2D eigenvalue weighted by Gasteiger charge is 2.32. The van der Waals surface area contributed by atoms with Gasteiger partial charge in [-0.1, -0.05) is 0 Å². The van der Waals surface area contributed by atoms with Gasteiger partial charge in [-0.3, -0.25) is 4.79 Å². The van der Waals surface area contributed by atoms with Crippen molar-refractivity contribution in [2.45, 2.75) is 44.7 Å². The zero-order chi connectivity index (χ0) is 15.7. The molecule has 0 saturated carbocycles. The highest BCUT2D eigenvalue weighted by molar-refractivity contribution is 5.50. The molecule has 0 bridgehead atoms. The Morgan fingerprint density at radius 2 is 2.09 bits per heavy atom. The van der Waals surface area contributed by atoms with Crippen LogP contribution in [0.25, 0.3) is 0 Å². The van der Waals surface area contributed by atoms with E-state index in [2.05, 4.69) is 31.1 Å². The van der Waals surface area contributed by atoms with Crippen LogP contribution in [-0.2, 0) is 10.3 Å². The van der Waals surface area contributed by atoms with Crippen LogP contribution in [0, 0.1) is 6.92 Å². The van der Waals surface area contributed by atoms with E-state index in [0.29, 0.717) is 12.6 Å². The Bertz CT molecular complexity index is 582. The third-order valence-electron chi connectivity index (χ3n) is 5.11. The fourth-order valence-electron chi connectivity index (χ4n) is 3.43. The number of nitrogens with one attached hydrogen (secondary N) is 1. The van der Waals surface area contributed by atoms with Crippen molar-refractivity contribution in [2.75, 3.05) is 38.7 Å².